The van der Waals surface area contributed by atoms with Crippen LogP contribution < -0.4 is 4.74 Å². The number of hydrogen-bond donors (Lipinski definition) is 0. The summed E-state index contributed by atoms with van der Waals surface area (Å²) in [4.78, 5) is 15.4. The Morgan fingerprint density at radius 1 is 1.03 bits per heavy atom. The van der Waals surface area contributed by atoms with E-state index in [4.69, 9.17) is 9.47 Å². The molecular formula is C22H26N2O5S. The van der Waals surface area contributed by atoms with E-state index in [1.54, 1.807) is 42.3 Å². The third-order valence-electron chi connectivity index (χ3n) is 5.83. The number of ether oxygens (including phenoxy) is 2. The van der Waals surface area contributed by atoms with Crippen molar-refractivity contribution in [3.05, 3.63) is 60.2 Å². The van der Waals surface area contributed by atoms with Gasteiger partial charge < -0.3 is 14.4 Å². The number of amides is 1. The largest absolute Gasteiger partial charge is 0.497 e. The van der Waals surface area contributed by atoms with Crippen LogP contribution in [0.3, 0.4) is 0 Å². The summed E-state index contributed by atoms with van der Waals surface area (Å²) in [5.74, 6) is -0.0195. The molecule has 160 valence electrons. The molecule has 2 aromatic rings. The summed E-state index contributed by atoms with van der Waals surface area (Å²) in [6, 6.07) is 15.9. The number of benzene rings is 2. The van der Waals surface area contributed by atoms with Crippen LogP contribution >= 0.6 is 0 Å². The fourth-order valence-electron chi connectivity index (χ4n) is 4.18. The lowest BCUT2D eigenvalue weighted by Crippen LogP contribution is -2.45. The normalized spacial score (nSPS) is 22.8. The van der Waals surface area contributed by atoms with Gasteiger partial charge in [-0.15, -0.1) is 0 Å². The van der Waals surface area contributed by atoms with Crippen molar-refractivity contribution in [3.63, 3.8) is 0 Å². The quantitative estimate of drug-likeness (QED) is 0.725. The Balaban J connectivity index is 1.67. The average Bonchev–Trinajstić information content (AvgIpc) is 3.26. The molecule has 2 fully saturated rings. The third-order valence-corrected chi connectivity index (χ3v) is 7.68. The molecule has 4 rings (SSSR count). The summed E-state index contributed by atoms with van der Waals surface area (Å²) in [5, 5.41) is 0. The van der Waals surface area contributed by atoms with Gasteiger partial charge in [0.1, 0.15) is 5.75 Å². The topological polar surface area (TPSA) is 76.2 Å². The van der Waals surface area contributed by atoms with E-state index in [2.05, 4.69) is 0 Å². The van der Waals surface area contributed by atoms with Crippen LogP contribution in [0.2, 0.25) is 0 Å². The lowest BCUT2D eigenvalue weighted by molar-refractivity contribution is -0.139. The fraction of sp³-hybridized carbons (Fsp3) is 0.409. The zero-order valence-electron chi connectivity index (χ0n) is 16.9. The Labute approximate surface area is 177 Å². The molecule has 0 aliphatic carbocycles. The first-order valence-electron chi connectivity index (χ1n) is 10.1. The van der Waals surface area contributed by atoms with Crippen molar-refractivity contribution in [2.45, 2.75) is 10.8 Å². The van der Waals surface area contributed by atoms with Gasteiger partial charge >= 0.3 is 0 Å². The molecular weight excluding hydrogens is 404 g/mol. The maximum absolute atomic E-state index is 13.4. The first-order valence-corrected chi connectivity index (χ1v) is 11.5. The number of methoxy groups -OCH3 is 1. The Morgan fingerprint density at radius 3 is 2.47 bits per heavy atom. The molecule has 0 N–H and O–H groups in total. The van der Waals surface area contributed by atoms with Crippen LogP contribution in [0.5, 0.6) is 5.75 Å². The predicted molar refractivity (Wildman–Crippen MR) is 112 cm³/mol. The van der Waals surface area contributed by atoms with Crippen molar-refractivity contribution < 1.29 is 22.7 Å². The highest BCUT2D eigenvalue weighted by Crippen LogP contribution is 2.38. The molecule has 2 aliphatic heterocycles. The van der Waals surface area contributed by atoms with E-state index in [1.807, 2.05) is 24.3 Å². The molecule has 0 bridgehead atoms. The van der Waals surface area contributed by atoms with Crippen molar-refractivity contribution >= 4 is 15.9 Å². The van der Waals surface area contributed by atoms with Crippen molar-refractivity contribution in [3.8, 4) is 5.75 Å². The molecule has 2 aliphatic rings. The van der Waals surface area contributed by atoms with E-state index in [9.17, 15) is 13.2 Å². The Morgan fingerprint density at radius 2 is 1.77 bits per heavy atom. The minimum Gasteiger partial charge on any atom is -0.497 e. The van der Waals surface area contributed by atoms with Gasteiger partial charge in [-0.05, 0) is 29.8 Å². The zero-order valence-corrected chi connectivity index (χ0v) is 17.8. The smallest absolute Gasteiger partial charge is 0.243 e. The SMILES string of the molecule is COc1cccc([C@H]2CN(S(=O)(=O)c3ccccc3)C[C@@H]2C(=O)N2CCOCC2)c1. The molecule has 7 nitrogen and oxygen atoms in total. The third kappa shape index (κ3) is 4.08. The van der Waals surface area contributed by atoms with Crippen LogP contribution in [0.15, 0.2) is 59.5 Å². The van der Waals surface area contributed by atoms with Crippen LogP contribution in [0.1, 0.15) is 11.5 Å². The second kappa shape index (κ2) is 8.75. The molecule has 30 heavy (non-hydrogen) atoms. The summed E-state index contributed by atoms with van der Waals surface area (Å²) >= 11 is 0. The maximum atomic E-state index is 13.4. The highest BCUT2D eigenvalue weighted by molar-refractivity contribution is 7.89. The van der Waals surface area contributed by atoms with Crippen molar-refractivity contribution in [1.82, 2.24) is 9.21 Å². The average molecular weight is 431 g/mol. The summed E-state index contributed by atoms with van der Waals surface area (Å²) in [6.07, 6.45) is 0. The minimum atomic E-state index is -3.69. The van der Waals surface area contributed by atoms with Gasteiger partial charge in [0.05, 0.1) is 31.1 Å². The molecule has 0 spiro atoms. The van der Waals surface area contributed by atoms with Gasteiger partial charge in [-0.1, -0.05) is 30.3 Å². The van der Waals surface area contributed by atoms with E-state index >= 15 is 0 Å². The molecule has 2 atom stereocenters. The van der Waals surface area contributed by atoms with E-state index in [-0.39, 0.29) is 29.8 Å². The molecule has 1 amide bonds. The van der Waals surface area contributed by atoms with Gasteiger partial charge in [0.25, 0.3) is 0 Å². The highest BCUT2D eigenvalue weighted by atomic mass is 32.2. The molecule has 0 saturated carbocycles. The summed E-state index contributed by atoms with van der Waals surface area (Å²) < 4.78 is 38.6. The molecule has 0 unspecified atom stereocenters. The number of rotatable bonds is 5. The van der Waals surface area contributed by atoms with Gasteiger partial charge in [0.2, 0.25) is 15.9 Å². The van der Waals surface area contributed by atoms with Crippen LogP contribution in [-0.2, 0) is 19.6 Å². The highest BCUT2D eigenvalue weighted by Gasteiger charge is 2.45. The number of carbonyl (C=O) groups is 1. The Hall–Kier alpha value is -2.42. The number of hydrogen-bond acceptors (Lipinski definition) is 5. The molecule has 0 radical (unpaired) electrons. The first-order chi connectivity index (χ1) is 14.5. The van der Waals surface area contributed by atoms with Gasteiger partial charge in [0.15, 0.2) is 0 Å². The maximum Gasteiger partial charge on any atom is 0.243 e. The molecule has 2 aromatic carbocycles. The van der Waals surface area contributed by atoms with E-state index in [1.165, 1.54) is 4.31 Å². The van der Waals surface area contributed by atoms with Crippen molar-refractivity contribution in [2.75, 3.05) is 46.5 Å². The van der Waals surface area contributed by atoms with Crippen LogP contribution in [0, 0.1) is 5.92 Å². The van der Waals surface area contributed by atoms with Crippen molar-refractivity contribution in [2.24, 2.45) is 5.92 Å². The molecule has 2 saturated heterocycles. The predicted octanol–water partition coefficient (Wildman–Crippen LogP) is 1.96. The fourth-order valence-corrected chi connectivity index (χ4v) is 5.70. The summed E-state index contributed by atoms with van der Waals surface area (Å²) in [5.41, 5.74) is 0.909. The van der Waals surface area contributed by atoms with Gasteiger partial charge in [-0.2, -0.15) is 4.31 Å². The Bertz CT molecular complexity index is 990. The molecule has 8 heteroatoms. The number of carbonyl (C=O) groups excluding carboxylic acids is 1. The van der Waals surface area contributed by atoms with E-state index in [0.29, 0.717) is 32.1 Å². The summed E-state index contributed by atoms with van der Waals surface area (Å²) in [6.45, 7) is 2.50. The number of nitrogens with zero attached hydrogens (tertiary/aromatic N) is 2. The minimum absolute atomic E-state index is 0.0168. The number of sulfonamides is 1. The molecule has 2 heterocycles. The van der Waals surface area contributed by atoms with Crippen LogP contribution in [0.4, 0.5) is 0 Å². The standard InChI is InChI=1S/C22H26N2O5S/c1-28-18-7-5-6-17(14-18)20-15-24(30(26,27)19-8-3-2-4-9-19)16-21(20)22(25)23-10-12-29-13-11-23/h2-9,14,20-21H,10-13,15-16H2,1H3/t20-,21+/m1/s1. The van der Waals surface area contributed by atoms with Crippen LogP contribution in [0.25, 0.3) is 0 Å². The van der Waals surface area contributed by atoms with Gasteiger partial charge in [0, 0.05) is 32.1 Å². The Kier molecular flexibility index (Phi) is 6.08. The number of morpholine rings is 1. The molecule has 0 aromatic heterocycles. The van der Waals surface area contributed by atoms with E-state index < -0.39 is 15.9 Å². The van der Waals surface area contributed by atoms with Gasteiger partial charge in [-0.3, -0.25) is 4.79 Å². The zero-order chi connectivity index (χ0) is 21.1. The van der Waals surface area contributed by atoms with E-state index in [0.717, 1.165) is 5.56 Å². The second-order valence-corrected chi connectivity index (χ2v) is 9.50. The monoisotopic (exact) mass is 430 g/mol. The summed E-state index contributed by atoms with van der Waals surface area (Å²) in [7, 11) is -2.09. The van der Waals surface area contributed by atoms with Gasteiger partial charge in [-0.25, -0.2) is 8.42 Å². The second-order valence-electron chi connectivity index (χ2n) is 7.56. The van der Waals surface area contributed by atoms with Crippen molar-refractivity contribution in [1.29, 1.82) is 0 Å². The lowest BCUT2D eigenvalue weighted by atomic mass is 9.87. The first kappa shape index (κ1) is 20.8. The lowest BCUT2D eigenvalue weighted by Gasteiger charge is -2.31. The van der Waals surface area contributed by atoms with Crippen LogP contribution in [-0.4, -0.2) is 70.0 Å².